The summed E-state index contributed by atoms with van der Waals surface area (Å²) in [4.78, 5) is 4.34. The zero-order valence-electron chi connectivity index (χ0n) is 11.7. The molecule has 0 saturated carbocycles. The van der Waals surface area contributed by atoms with Crippen LogP contribution in [-0.2, 0) is 0 Å². The Kier molecular flexibility index (Phi) is 3.57. The number of nitrogens with zero attached hydrogens (tertiary/aromatic N) is 2. The van der Waals surface area contributed by atoms with Crippen LogP contribution >= 0.6 is 0 Å². The van der Waals surface area contributed by atoms with Gasteiger partial charge in [0, 0.05) is 11.3 Å². The summed E-state index contributed by atoms with van der Waals surface area (Å²) in [5.41, 5.74) is 1.03. The molecule has 0 aliphatic heterocycles. The summed E-state index contributed by atoms with van der Waals surface area (Å²) in [5.74, 6) is 1.43. The van der Waals surface area contributed by atoms with Crippen LogP contribution in [0.2, 0.25) is 0 Å². The highest BCUT2D eigenvalue weighted by Gasteiger charge is 2.23. The minimum atomic E-state index is -0.804. The van der Waals surface area contributed by atoms with Gasteiger partial charge in [0.05, 0.1) is 11.6 Å². The number of benzene rings is 1. The SMILES string of the molecule is Cc1nc(-c2ccccc2NC(C)C(C)(C)O)n[nH]1. The van der Waals surface area contributed by atoms with Crippen molar-refractivity contribution >= 4 is 5.69 Å². The summed E-state index contributed by atoms with van der Waals surface area (Å²) in [6.07, 6.45) is 0. The van der Waals surface area contributed by atoms with E-state index in [4.69, 9.17) is 0 Å². The Morgan fingerprint density at radius 1 is 1.32 bits per heavy atom. The quantitative estimate of drug-likeness (QED) is 0.789. The smallest absolute Gasteiger partial charge is 0.183 e. The van der Waals surface area contributed by atoms with Crippen LogP contribution in [0.1, 0.15) is 26.6 Å². The Balaban J connectivity index is 2.32. The van der Waals surface area contributed by atoms with Crippen molar-refractivity contribution in [1.29, 1.82) is 0 Å². The molecule has 0 saturated heterocycles. The Hall–Kier alpha value is -1.88. The highest BCUT2D eigenvalue weighted by atomic mass is 16.3. The molecule has 1 aromatic heterocycles. The second-order valence-corrected chi connectivity index (χ2v) is 5.31. The first-order chi connectivity index (χ1) is 8.88. The molecule has 0 amide bonds. The molecule has 3 N–H and O–H groups in total. The van der Waals surface area contributed by atoms with E-state index in [-0.39, 0.29) is 6.04 Å². The minimum Gasteiger partial charge on any atom is -0.388 e. The standard InChI is InChI=1S/C14H20N4O/c1-9(14(3,4)19)15-12-8-6-5-7-11(12)13-16-10(2)17-18-13/h5-9,15,19H,1-4H3,(H,16,17,18). The second-order valence-electron chi connectivity index (χ2n) is 5.31. The zero-order chi connectivity index (χ0) is 14.0. The first kappa shape index (κ1) is 13.5. The van der Waals surface area contributed by atoms with E-state index in [9.17, 15) is 5.11 Å². The van der Waals surface area contributed by atoms with E-state index < -0.39 is 5.60 Å². The fraction of sp³-hybridized carbons (Fsp3) is 0.429. The van der Waals surface area contributed by atoms with Crippen molar-refractivity contribution in [2.75, 3.05) is 5.32 Å². The van der Waals surface area contributed by atoms with E-state index in [2.05, 4.69) is 20.5 Å². The maximum absolute atomic E-state index is 10.0. The molecule has 2 rings (SSSR count). The van der Waals surface area contributed by atoms with E-state index >= 15 is 0 Å². The van der Waals surface area contributed by atoms with Gasteiger partial charge in [-0.3, -0.25) is 5.10 Å². The fourth-order valence-corrected chi connectivity index (χ4v) is 1.68. The van der Waals surface area contributed by atoms with E-state index in [0.29, 0.717) is 5.82 Å². The van der Waals surface area contributed by atoms with Gasteiger partial charge in [0.2, 0.25) is 0 Å². The van der Waals surface area contributed by atoms with Gasteiger partial charge < -0.3 is 10.4 Å². The van der Waals surface area contributed by atoms with Crippen molar-refractivity contribution in [3.05, 3.63) is 30.1 Å². The Labute approximate surface area is 113 Å². The zero-order valence-corrected chi connectivity index (χ0v) is 11.7. The minimum absolute atomic E-state index is 0.0892. The molecule has 2 aromatic rings. The predicted molar refractivity (Wildman–Crippen MR) is 75.9 cm³/mol. The van der Waals surface area contributed by atoms with Crippen LogP contribution in [0.15, 0.2) is 24.3 Å². The van der Waals surface area contributed by atoms with Gasteiger partial charge >= 0.3 is 0 Å². The van der Waals surface area contributed by atoms with Crippen molar-refractivity contribution in [2.45, 2.75) is 39.3 Å². The van der Waals surface area contributed by atoms with Gasteiger partial charge in [0.15, 0.2) is 5.82 Å². The summed E-state index contributed by atoms with van der Waals surface area (Å²) in [6, 6.07) is 7.73. The van der Waals surface area contributed by atoms with Crippen LogP contribution in [0.3, 0.4) is 0 Å². The molecule has 0 spiro atoms. The van der Waals surface area contributed by atoms with Gasteiger partial charge in [0.25, 0.3) is 0 Å². The van der Waals surface area contributed by atoms with Gasteiger partial charge in [-0.2, -0.15) is 5.10 Å². The molecule has 0 bridgehead atoms. The van der Waals surface area contributed by atoms with Crippen molar-refractivity contribution in [3.8, 4) is 11.4 Å². The molecule has 1 unspecified atom stereocenters. The van der Waals surface area contributed by atoms with E-state index in [0.717, 1.165) is 17.1 Å². The summed E-state index contributed by atoms with van der Waals surface area (Å²) in [5, 5.41) is 20.3. The van der Waals surface area contributed by atoms with Crippen molar-refractivity contribution in [2.24, 2.45) is 0 Å². The molecule has 102 valence electrons. The molecular formula is C14H20N4O. The lowest BCUT2D eigenvalue weighted by Crippen LogP contribution is -2.39. The molecule has 0 radical (unpaired) electrons. The molecule has 1 aromatic carbocycles. The number of aromatic nitrogens is 3. The highest BCUT2D eigenvalue weighted by Crippen LogP contribution is 2.26. The summed E-state index contributed by atoms with van der Waals surface area (Å²) in [6.45, 7) is 7.38. The molecule has 5 heteroatoms. The van der Waals surface area contributed by atoms with Crippen LogP contribution in [0, 0.1) is 6.92 Å². The van der Waals surface area contributed by atoms with Crippen LogP contribution in [-0.4, -0.2) is 31.9 Å². The first-order valence-corrected chi connectivity index (χ1v) is 6.35. The van der Waals surface area contributed by atoms with E-state index in [1.807, 2.05) is 38.1 Å². The number of para-hydroxylation sites is 1. The maximum atomic E-state index is 10.0. The van der Waals surface area contributed by atoms with Crippen LogP contribution in [0.4, 0.5) is 5.69 Å². The predicted octanol–water partition coefficient (Wildman–Crippen LogP) is 2.35. The lowest BCUT2D eigenvalue weighted by Gasteiger charge is -2.28. The first-order valence-electron chi connectivity index (χ1n) is 6.35. The van der Waals surface area contributed by atoms with E-state index in [1.54, 1.807) is 13.8 Å². The number of aromatic amines is 1. The number of rotatable bonds is 4. The third-order valence-corrected chi connectivity index (χ3v) is 3.20. The molecule has 5 nitrogen and oxygen atoms in total. The number of nitrogens with one attached hydrogen (secondary N) is 2. The highest BCUT2D eigenvalue weighted by molar-refractivity contribution is 5.73. The molecule has 19 heavy (non-hydrogen) atoms. The lowest BCUT2D eigenvalue weighted by atomic mass is 10.00. The topological polar surface area (TPSA) is 73.8 Å². The van der Waals surface area contributed by atoms with Crippen molar-refractivity contribution in [3.63, 3.8) is 0 Å². The normalized spacial score (nSPS) is 13.3. The number of anilines is 1. The Morgan fingerprint density at radius 3 is 2.58 bits per heavy atom. The van der Waals surface area contributed by atoms with Gasteiger partial charge in [-0.1, -0.05) is 12.1 Å². The van der Waals surface area contributed by atoms with Gasteiger partial charge in [-0.25, -0.2) is 4.98 Å². The van der Waals surface area contributed by atoms with Crippen LogP contribution < -0.4 is 5.32 Å². The van der Waals surface area contributed by atoms with Gasteiger partial charge in [0.1, 0.15) is 5.82 Å². The van der Waals surface area contributed by atoms with Crippen molar-refractivity contribution < 1.29 is 5.11 Å². The second kappa shape index (κ2) is 5.01. The summed E-state index contributed by atoms with van der Waals surface area (Å²) >= 11 is 0. The molecule has 1 atom stereocenters. The van der Waals surface area contributed by atoms with Gasteiger partial charge in [-0.05, 0) is 39.8 Å². The molecular weight excluding hydrogens is 240 g/mol. The Bertz CT molecular complexity index is 557. The summed E-state index contributed by atoms with van der Waals surface area (Å²) < 4.78 is 0. The third kappa shape index (κ3) is 3.12. The largest absolute Gasteiger partial charge is 0.388 e. The van der Waals surface area contributed by atoms with E-state index in [1.165, 1.54) is 0 Å². The molecule has 0 aliphatic rings. The number of aliphatic hydroxyl groups is 1. The maximum Gasteiger partial charge on any atom is 0.183 e. The number of hydrogen-bond acceptors (Lipinski definition) is 4. The monoisotopic (exact) mass is 260 g/mol. The Morgan fingerprint density at radius 2 is 2.00 bits per heavy atom. The molecule has 0 fully saturated rings. The van der Waals surface area contributed by atoms with Crippen molar-refractivity contribution in [1.82, 2.24) is 15.2 Å². The number of aryl methyl sites for hydroxylation is 1. The third-order valence-electron chi connectivity index (χ3n) is 3.20. The molecule has 0 aliphatic carbocycles. The molecule has 1 heterocycles. The number of H-pyrrole nitrogens is 1. The fourth-order valence-electron chi connectivity index (χ4n) is 1.68. The lowest BCUT2D eigenvalue weighted by molar-refractivity contribution is 0.0649. The van der Waals surface area contributed by atoms with Crippen LogP contribution in [0.25, 0.3) is 11.4 Å². The number of hydrogen-bond donors (Lipinski definition) is 3. The van der Waals surface area contributed by atoms with Gasteiger partial charge in [-0.15, -0.1) is 0 Å². The summed E-state index contributed by atoms with van der Waals surface area (Å²) in [7, 11) is 0. The van der Waals surface area contributed by atoms with Crippen LogP contribution in [0.5, 0.6) is 0 Å². The average molecular weight is 260 g/mol. The average Bonchev–Trinajstić information content (AvgIpc) is 2.75.